The van der Waals surface area contributed by atoms with E-state index in [1.54, 1.807) is 30.2 Å². The predicted molar refractivity (Wildman–Crippen MR) is 134 cm³/mol. The van der Waals surface area contributed by atoms with Crippen LogP contribution in [0.15, 0.2) is 48.5 Å². The van der Waals surface area contributed by atoms with Crippen molar-refractivity contribution in [1.82, 2.24) is 9.88 Å². The van der Waals surface area contributed by atoms with Crippen LogP contribution >= 0.6 is 23.2 Å². The van der Waals surface area contributed by atoms with Gasteiger partial charge in [0.2, 0.25) is 0 Å². The van der Waals surface area contributed by atoms with E-state index in [-0.39, 0.29) is 5.91 Å². The number of ether oxygens (including phenoxy) is 2. The van der Waals surface area contributed by atoms with E-state index in [9.17, 15) is 4.79 Å². The predicted octanol–water partition coefficient (Wildman–Crippen LogP) is 5.70. The molecule has 3 aromatic rings. The van der Waals surface area contributed by atoms with Gasteiger partial charge in [-0.2, -0.15) is 0 Å². The molecule has 0 bridgehead atoms. The molecule has 0 unspecified atom stereocenters. The first-order valence-electron chi connectivity index (χ1n) is 11.3. The van der Waals surface area contributed by atoms with Gasteiger partial charge in [-0.3, -0.25) is 9.69 Å². The van der Waals surface area contributed by atoms with Crippen molar-refractivity contribution in [2.75, 3.05) is 38.3 Å². The second-order valence-electron chi connectivity index (χ2n) is 8.49. The molecule has 1 amide bonds. The summed E-state index contributed by atoms with van der Waals surface area (Å²) >= 11 is 12.3. The van der Waals surface area contributed by atoms with Crippen LogP contribution < -0.4 is 14.4 Å². The van der Waals surface area contributed by atoms with E-state index < -0.39 is 0 Å². The van der Waals surface area contributed by atoms with Gasteiger partial charge in [-0.25, -0.2) is 4.98 Å². The normalized spacial score (nSPS) is 15.6. The number of rotatable bonds is 7. The molecule has 1 saturated heterocycles. The van der Waals surface area contributed by atoms with Crippen molar-refractivity contribution < 1.29 is 14.3 Å². The van der Waals surface area contributed by atoms with E-state index >= 15 is 0 Å². The lowest BCUT2D eigenvalue weighted by molar-refractivity contribution is 0.0992. The van der Waals surface area contributed by atoms with Gasteiger partial charge >= 0.3 is 0 Å². The van der Waals surface area contributed by atoms with Crippen LogP contribution in [0.5, 0.6) is 11.5 Å². The maximum atomic E-state index is 13.3. The molecule has 0 atom stereocenters. The fourth-order valence-electron chi connectivity index (χ4n) is 4.48. The van der Waals surface area contributed by atoms with E-state index in [1.165, 1.54) is 12.8 Å². The van der Waals surface area contributed by atoms with E-state index in [1.807, 2.05) is 30.3 Å². The Kier molecular flexibility index (Phi) is 6.63. The Morgan fingerprint density at radius 2 is 1.74 bits per heavy atom. The number of benzene rings is 2. The fourth-order valence-corrected chi connectivity index (χ4v) is 5.00. The lowest BCUT2D eigenvalue weighted by Crippen LogP contribution is -2.25. The van der Waals surface area contributed by atoms with Crippen LogP contribution in [-0.4, -0.2) is 49.1 Å². The number of likely N-dealkylation sites (tertiary alicyclic amines) is 1. The number of methoxy groups -OCH3 is 1. The summed E-state index contributed by atoms with van der Waals surface area (Å²) in [6, 6.07) is 14.6. The van der Waals surface area contributed by atoms with Gasteiger partial charge in [-0.1, -0.05) is 29.3 Å². The van der Waals surface area contributed by atoms with Crippen molar-refractivity contribution in [2.45, 2.75) is 19.4 Å². The Morgan fingerprint density at radius 1 is 0.971 bits per heavy atom. The Balaban J connectivity index is 1.33. The summed E-state index contributed by atoms with van der Waals surface area (Å²) in [6.45, 7) is 4.21. The second kappa shape index (κ2) is 9.82. The van der Waals surface area contributed by atoms with Crippen molar-refractivity contribution in [3.05, 3.63) is 69.8 Å². The Labute approximate surface area is 209 Å². The van der Waals surface area contributed by atoms with Crippen molar-refractivity contribution in [2.24, 2.45) is 0 Å². The quantitative estimate of drug-likeness (QED) is 0.419. The van der Waals surface area contributed by atoms with E-state index in [0.29, 0.717) is 46.1 Å². The third-order valence-electron chi connectivity index (χ3n) is 6.24. The van der Waals surface area contributed by atoms with Crippen molar-refractivity contribution in [3.8, 4) is 22.8 Å². The number of amides is 1. The average molecular weight is 498 g/mol. The van der Waals surface area contributed by atoms with E-state index in [2.05, 4.69) is 9.88 Å². The number of fused-ring (bicyclic) bond motifs is 1. The summed E-state index contributed by atoms with van der Waals surface area (Å²) in [4.78, 5) is 22.0. The monoisotopic (exact) mass is 497 g/mol. The molecule has 0 N–H and O–H groups in total. The van der Waals surface area contributed by atoms with Gasteiger partial charge in [0.25, 0.3) is 5.91 Å². The van der Waals surface area contributed by atoms with Gasteiger partial charge in [-0.15, -0.1) is 0 Å². The molecule has 2 aliphatic rings. The van der Waals surface area contributed by atoms with Crippen LogP contribution in [0.2, 0.25) is 10.0 Å². The molecular formula is C26H25Cl2N3O3. The number of pyridine rings is 1. The molecular weight excluding hydrogens is 473 g/mol. The molecule has 3 heterocycles. The molecule has 2 aromatic carbocycles. The number of carbonyl (C=O) groups excluding carboxylic acids is 1. The summed E-state index contributed by atoms with van der Waals surface area (Å²) < 4.78 is 11.5. The molecule has 0 aliphatic carbocycles. The molecule has 5 rings (SSSR count). The molecule has 6 nitrogen and oxygen atoms in total. The maximum Gasteiger partial charge on any atom is 0.277 e. The third-order valence-corrected chi connectivity index (χ3v) is 6.67. The van der Waals surface area contributed by atoms with Crippen LogP contribution in [-0.2, 0) is 6.54 Å². The zero-order valence-corrected chi connectivity index (χ0v) is 20.4. The first-order chi connectivity index (χ1) is 16.5. The summed E-state index contributed by atoms with van der Waals surface area (Å²) in [6.07, 6.45) is 2.51. The molecule has 8 heteroatoms. The van der Waals surface area contributed by atoms with Gasteiger partial charge in [0, 0.05) is 39.5 Å². The molecule has 2 aliphatic heterocycles. The highest BCUT2D eigenvalue weighted by Gasteiger charge is 2.31. The standard InChI is InChI=1S/C26H25Cl2N3O3/c1-33-24-15-21(5-7-23(24)34-11-10-30-8-2-3-9-30)31-16-17-4-6-22(29-25(17)26(31)32)18-12-19(27)14-20(28)13-18/h4-7,12-15H,2-3,8-11,16H2,1H3. The molecule has 34 heavy (non-hydrogen) atoms. The lowest BCUT2D eigenvalue weighted by Gasteiger charge is -2.19. The number of halogens is 2. The van der Waals surface area contributed by atoms with Gasteiger partial charge in [-0.05, 0) is 62.3 Å². The average Bonchev–Trinajstić information content (AvgIpc) is 3.46. The van der Waals surface area contributed by atoms with Crippen LogP contribution in [0.4, 0.5) is 5.69 Å². The molecule has 0 spiro atoms. The van der Waals surface area contributed by atoms with Gasteiger partial charge in [0.1, 0.15) is 12.3 Å². The lowest BCUT2D eigenvalue weighted by atomic mass is 10.1. The summed E-state index contributed by atoms with van der Waals surface area (Å²) in [5, 5.41) is 1.04. The number of nitrogens with zero attached hydrogens (tertiary/aromatic N) is 3. The Hall–Kier alpha value is -2.80. The number of aromatic nitrogens is 1. The third kappa shape index (κ3) is 4.71. The number of hydrogen-bond donors (Lipinski definition) is 0. The van der Waals surface area contributed by atoms with Gasteiger partial charge < -0.3 is 14.4 Å². The van der Waals surface area contributed by atoms with Crippen LogP contribution in [0.25, 0.3) is 11.3 Å². The first kappa shape index (κ1) is 23.0. The number of hydrogen-bond acceptors (Lipinski definition) is 5. The smallest absolute Gasteiger partial charge is 0.277 e. The zero-order chi connectivity index (χ0) is 23.7. The highest BCUT2D eigenvalue weighted by atomic mass is 35.5. The Bertz CT molecular complexity index is 1210. The second-order valence-corrected chi connectivity index (χ2v) is 9.36. The summed E-state index contributed by atoms with van der Waals surface area (Å²) in [7, 11) is 1.61. The first-order valence-corrected chi connectivity index (χ1v) is 12.1. The molecule has 176 valence electrons. The van der Waals surface area contributed by atoms with Crippen LogP contribution in [0, 0.1) is 0 Å². The molecule has 0 saturated carbocycles. The maximum absolute atomic E-state index is 13.3. The van der Waals surface area contributed by atoms with Gasteiger partial charge in [0.15, 0.2) is 11.5 Å². The largest absolute Gasteiger partial charge is 0.493 e. The highest BCUT2D eigenvalue weighted by molar-refractivity contribution is 6.35. The minimum Gasteiger partial charge on any atom is -0.493 e. The van der Waals surface area contributed by atoms with Crippen LogP contribution in [0.3, 0.4) is 0 Å². The number of anilines is 1. The SMILES string of the molecule is COc1cc(N2Cc3ccc(-c4cc(Cl)cc(Cl)c4)nc3C2=O)ccc1OCCN1CCCC1. The highest BCUT2D eigenvalue weighted by Crippen LogP contribution is 2.36. The molecule has 1 fully saturated rings. The van der Waals surface area contributed by atoms with E-state index in [0.717, 1.165) is 36.4 Å². The van der Waals surface area contributed by atoms with E-state index in [4.69, 9.17) is 32.7 Å². The molecule has 0 radical (unpaired) electrons. The zero-order valence-electron chi connectivity index (χ0n) is 18.9. The van der Waals surface area contributed by atoms with Crippen molar-refractivity contribution >= 4 is 34.8 Å². The van der Waals surface area contributed by atoms with Crippen molar-refractivity contribution in [1.29, 1.82) is 0 Å². The molecule has 1 aromatic heterocycles. The van der Waals surface area contributed by atoms with Crippen LogP contribution in [0.1, 0.15) is 28.9 Å². The van der Waals surface area contributed by atoms with Gasteiger partial charge in [0.05, 0.1) is 19.3 Å². The number of carbonyl (C=O) groups is 1. The minimum atomic E-state index is -0.158. The summed E-state index contributed by atoms with van der Waals surface area (Å²) in [5.74, 6) is 1.12. The fraction of sp³-hybridized carbons (Fsp3) is 0.308. The summed E-state index contributed by atoms with van der Waals surface area (Å²) in [5.41, 5.74) is 3.45. The topological polar surface area (TPSA) is 54.9 Å². The minimum absolute atomic E-state index is 0.158. The Morgan fingerprint density at radius 3 is 2.47 bits per heavy atom. The van der Waals surface area contributed by atoms with Crippen molar-refractivity contribution in [3.63, 3.8) is 0 Å².